The van der Waals surface area contributed by atoms with E-state index in [9.17, 15) is 0 Å². The Kier molecular flexibility index (Phi) is 4.70. The van der Waals surface area contributed by atoms with Gasteiger partial charge in [0.15, 0.2) is 0 Å². The molecule has 0 aliphatic rings. The maximum atomic E-state index is 5.53. The second kappa shape index (κ2) is 6.49. The molecule has 2 heteroatoms. The van der Waals surface area contributed by atoms with E-state index in [4.69, 9.17) is 4.74 Å². The van der Waals surface area contributed by atoms with Gasteiger partial charge in [0.05, 0.1) is 11.8 Å². The molecule has 0 saturated carbocycles. The first-order valence-corrected chi connectivity index (χ1v) is 6.80. The molecule has 0 saturated heterocycles. The van der Waals surface area contributed by atoms with Crippen LogP contribution in [0.1, 0.15) is 30.6 Å². The van der Waals surface area contributed by atoms with Crippen LogP contribution in [-0.4, -0.2) is 12.1 Å². The lowest BCUT2D eigenvalue weighted by Gasteiger charge is -2.16. The molecule has 0 bridgehead atoms. The Hall–Kier alpha value is -1.93. The molecule has 2 nitrogen and oxygen atoms in total. The highest BCUT2D eigenvalue weighted by Crippen LogP contribution is 2.26. The third kappa shape index (κ3) is 3.55. The van der Waals surface area contributed by atoms with Crippen LogP contribution >= 0.6 is 0 Å². The second-order valence-corrected chi connectivity index (χ2v) is 5.23. The number of benzene rings is 1. The molecule has 0 fully saturated rings. The molecule has 20 heavy (non-hydrogen) atoms. The lowest BCUT2D eigenvalue weighted by atomic mass is 10.0. The van der Waals surface area contributed by atoms with Gasteiger partial charge in [-0.1, -0.05) is 35.9 Å². The fourth-order valence-corrected chi connectivity index (χ4v) is 2.16. The van der Waals surface area contributed by atoms with Gasteiger partial charge in [-0.15, -0.1) is 6.58 Å². The number of nitrogens with zero attached hydrogens (tertiary/aromatic N) is 1. The zero-order chi connectivity index (χ0) is 14.5. The maximum Gasteiger partial charge on any atom is 0.0858 e. The first-order chi connectivity index (χ1) is 9.60. The predicted molar refractivity (Wildman–Crippen MR) is 83.6 cm³/mol. The van der Waals surface area contributed by atoms with Crippen LogP contribution in [0.5, 0.6) is 0 Å². The zero-order valence-electron chi connectivity index (χ0n) is 12.4. The largest absolute Gasteiger partial charge is 0.376 e. The predicted octanol–water partition coefficient (Wildman–Crippen LogP) is 4.71. The zero-order valence-corrected chi connectivity index (χ0v) is 12.4. The summed E-state index contributed by atoms with van der Waals surface area (Å²) in [5.41, 5.74) is 5.59. The molecule has 0 radical (unpaired) electrons. The summed E-state index contributed by atoms with van der Waals surface area (Å²) in [5, 5.41) is 0. The van der Waals surface area contributed by atoms with Gasteiger partial charge in [0.1, 0.15) is 0 Å². The monoisotopic (exact) mass is 267 g/mol. The molecule has 0 aliphatic carbocycles. The molecule has 0 N–H and O–H groups in total. The molecule has 104 valence electrons. The Morgan fingerprint density at radius 3 is 2.40 bits per heavy atom. The van der Waals surface area contributed by atoms with E-state index < -0.39 is 0 Å². The van der Waals surface area contributed by atoms with Crippen LogP contribution in [0.3, 0.4) is 0 Å². The highest BCUT2D eigenvalue weighted by Gasteiger charge is 2.10. The second-order valence-electron chi connectivity index (χ2n) is 5.23. The topological polar surface area (TPSA) is 22.1 Å². The molecular formula is C18H21NO. The fraction of sp³-hybridized carbons (Fsp3) is 0.278. The van der Waals surface area contributed by atoms with E-state index in [-0.39, 0.29) is 6.10 Å². The highest BCUT2D eigenvalue weighted by molar-refractivity contribution is 5.59. The molecule has 0 spiro atoms. The summed E-state index contributed by atoms with van der Waals surface area (Å²) >= 11 is 0. The van der Waals surface area contributed by atoms with Gasteiger partial charge in [-0.05, 0) is 37.5 Å². The Morgan fingerprint density at radius 1 is 1.20 bits per heavy atom. The SMILES string of the molecule is C=C(C)CC(OC)c1ccc(-c2ccc(C)cn2)cc1. The summed E-state index contributed by atoms with van der Waals surface area (Å²) < 4.78 is 5.53. The lowest BCUT2D eigenvalue weighted by molar-refractivity contribution is 0.104. The van der Waals surface area contributed by atoms with Crippen molar-refractivity contribution < 1.29 is 4.74 Å². The van der Waals surface area contributed by atoms with Crippen molar-refractivity contribution in [2.24, 2.45) is 0 Å². The van der Waals surface area contributed by atoms with Gasteiger partial charge in [-0.3, -0.25) is 4.98 Å². The Bertz CT molecular complexity index is 569. The molecule has 2 rings (SSSR count). The normalized spacial score (nSPS) is 12.2. The standard InChI is InChI=1S/C18H21NO/c1-13(2)11-18(20-4)16-8-6-15(7-9-16)17-10-5-14(3)12-19-17/h5-10,12,18H,1,11H2,2-4H3. The van der Waals surface area contributed by atoms with Crippen molar-refractivity contribution in [1.82, 2.24) is 4.98 Å². The van der Waals surface area contributed by atoms with Crippen LogP contribution in [-0.2, 0) is 4.74 Å². The van der Waals surface area contributed by atoms with E-state index >= 15 is 0 Å². The fourth-order valence-electron chi connectivity index (χ4n) is 2.16. The Labute approximate surface area is 121 Å². The number of aryl methyl sites for hydroxylation is 1. The molecule has 2 aromatic rings. The molecular weight excluding hydrogens is 246 g/mol. The van der Waals surface area contributed by atoms with Crippen LogP contribution in [0, 0.1) is 6.92 Å². The minimum Gasteiger partial charge on any atom is -0.376 e. The van der Waals surface area contributed by atoms with Crippen LogP contribution in [0.2, 0.25) is 0 Å². The molecule has 1 heterocycles. The van der Waals surface area contributed by atoms with E-state index in [1.807, 2.05) is 26.1 Å². The van der Waals surface area contributed by atoms with Crippen molar-refractivity contribution in [3.05, 3.63) is 65.9 Å². The number of hydrogen-bond donors (Lipinski definition) is 0. The van der Waals surface area contributed by atoms with E-state index in [2.05, 4.69) is 41.9 Å². The minimum atomic E-state index is 0.0764. The van der Waals surface area contributed by atoms with E-state index in [0.717, 1.165) is 23.3 Å². The van der Waals surface area contributed by atoms with Gasteiger partial charge in [-0.25, -0.2) is 0 Å². The van der Waals surface area contributed by atoms with Gasteiger partial charge in [0, 0.05) is 18.9 Å². The quantitative estimate of drug-likeness (QED) is 0.732. The molecule has 1 aromatic heterocycles. The Balaban J connectivity index is 2.20. The number of hydrogen-bond acceptors (Lipinski definition) is 2. The first-order valence-electron chi connectivity index (χ1n) is 6.80. The van der Waals surface area contributed by atoms with Crippen molar-refractivity contribution in [1.29, 1.82) is 0 Å². The van der Waals surface area contributed by atoms with Crippen LogP contribution in [0.4, 0.5) is 0 Å². The van der Waals surface area contributed by atoms with E-state index in [0.29, 0.717) is 0 Å². The van der Waals surface area contributed by atoms with E-state index in [1.165, 1.54) is 11.1 Å². The first kappa shape index (κ1) is 14.5. The third-order valence-electron chi connectivity index (χ3n) is 3.31. The van der Waals surface area contributed by atoms with Crippen molar-refractivity contribution in [2.45, 2.75) is 26.4 Å². The number of rotatable bonds is 5. The minimum absolute atomic E-state index is 0.0764. The highest BCUT2D eigenvalue weighted by atomic mass is 16.5. The Morgan fingerprint density at radius 2 is 1.90 bits per heavy atom. The third-order valence-corrected chi connectivity index (χ3v) is 3.31. The number of aromatic nitrogens is 1. The van der Waals surface area contributed by atoms with Crippen molar-refractivity contribution >= 4 is 0 Å². The molecule has 1 aromatic carbocycles. The summed E-state index contributed by atoms with van der Waals surface area (Å²) in [6.07, 6.45) is 2.81. The van der Waals surface area contributed by atoms with Crippen LogP contribution < -0.4 is 0 Å². The summed E-state index contributed by atoms with van der Waals surface area (Å²) in [5.74, 6) is 0. The summed E-state index contributed by atoms with van der Waals surface area (Å²) in [6, 6.07) is 12.5. The lowest BCUT2D eigenvalue weighted by Crippen LogP contribution is -2.01. The van der Waals surface area contributed by atoms with Crippen LogP contribution in [0.15, 0.2) is 54.7 Å². The van der Waals surface area contributed by atoms with Gasteiger partial charge < -0.3 is 4.74 Å². The van der Waals surface area contributed by atoms with Crippen molar-refractivity contribution in [3.63, 3.8) is 0 Å². The van der Waals surface area contributed by atoms with Crippen LogP contribution in [0.25, 0.3) is 11.3 Å². The van der Waals surface area contributed by atoms with Gasteiger partial charge in [-0.2, -0.15) is 0 Å². The molecule has 0 aliphatic heterocycles. The van der Waals surface area contributed by atoms with E-state index in [1.54, 1.807) is 7.11 Å². The number of ether oxygens (including phenoxy) is 1. The van der Waals surface area contributed by atoms with Crippen molar-refractivity contribution in [2.75, 3.05) is 7.11 Å². The van der Waals surface area contributed by atoms with Gasteiger partial charge in [0.2, 0.25) is 0 Å². The molecule has 1 unspecified atom stereocenters. The maximum absolute atomic E-state index is 5.53. The summed E-state index contributed by atoms with van der Waals surface area (Å²) in [7, 11) is 1.74. The van der Waals surface area contributed by atoms with Crippen molar-refractivity contribution in [3.8, 4) is 11.3 Å². The van der Waals surface area contributed by atoms with Gasteiger partial charge >= 0.3 is 0 Å². The average molecular weight is 267 g/mol. The summed E-state index contributed by atoms with van der Waals surface area (Å²) in [4.78, 5) is 4.45. The number of methoxy groups -OCH3 is 1. The number of pyridine rings is 1. The molecule has 0 amide bonds. The molecule has 1 atom stereocenters. The van der Waals surface area contributed by atoms with Gasteiger partial charge in [0.25, 0.3) is 0 Å². The smallest absolute Gasteiger partial charge is 0.0858 e. The average Bonchev–Trinajstić information content (AvgIpc) is 2.46. The summed E-state index contributed by atoms with van der Waals surface area (Å²) in [6.45, 7) is 8.02.